The number of nitrogens with zero attached hydrogens (tertiary/aromatic N) is 4. The van der Waals surface area contributed by atoms with Crippen LogP contribution in [0.5, 0.6) is 0 Å². The number of rotatable bonds is 13. The summed E-state index contributed by atoms with van der Waals surface area (Å²) in [6.45, 7) is 5.36. The highest BCUT2D eigenvalue weighted by atomic mass is 16.5. The summed E-state index contributed by atoms with van der Waals surface area (Å²) in [6.07, 6.45) is 5.80. The average molecular weight is 816 g/mol. The summed E-state index contributed by atoms with van der Waals surface area (Å²) in [4.78, 5) is 71.7. The number of carbonyl (C=O) groups excluding carboxylic acids is 4. The van der Waals surface area contributed by atoms with Gasteiger partial charge in [0.15, 0.2) is 0 Å². The van der Waals surface area contributed by atoms with Gasteiger partial charge < -0.3 is 45.6 Å². The van der Waals surface area contributed by atoms with Gasteiger partial charge in [0.2, 0.25) is 11.8 Å². The highest BCUT2D eigenvalue weighted by molar-refractivity contribution is 5.87. The van der Waals surface area contributed by atoms with E-state index in [0.717, 1.165) is 76.3 Å². The first-order valence-corrected chi connectivity index (χ1v) is 20.5. The minimum absolute atomic E-state index is 0.110. The minimum atomic E-state index is -0.809. The van der Waals surface area contributed by atoms with Crippen molar-refractivity contribution in [3.63, 3.8) is 0 Å². The van der Waals surface area contributed by atoms with Gasteiger partial charge in [0.25, 0.3) is 0 Å². The van der Waals surface area contributed by atoms with E-state index in [9.17, 15) is 19.2 Å². The van der Waals surface area contributed by atoms with E-state index in [1.807, 2.05) is 62.4 Å². The van der Waals surface area contributed by atoms with Crippen molar-refractivity contribution in [1.29, 1.82) is 0 Å². The molecule has 7 rings (SSSR count). The van der Waals surface area contributed by atoms with Gasteiger partial charge in [0.05, 0.1) is 50.1 Å². The highest BCUT2D eigenvalue weighted by Gasteiger charge is 2.38. The Bertz CT molecular complexity index is 2270. The maximum absolute atomic E-state index is 14.0. The monoisotopic (exact) mass is 815 g/mol. The smallest absolute Gasteiger partial charge is 0.407 e. The fourth-order valence-corrected chi connectivity index (χ4v) is 8.15. The average Bonchev–Trinajstić information content (AvgIpc) is 4.12. The molecule has 0 spiro atoms. The van der Waals surface area contributed by atoms with E-state index >= 15 is 0 Å². The van der Waals surface area contributed by atoms with Gasteiger partial charge in [0.1, 0.15) is 23.7 Å². The van der Waals surface area contributed by atoms with Gasteiger partial charge in [0, 0.05) is 26.1 Å². The predicted octanol–water partition coefficient (Wildman–Crippen LogP) is 6.27. The maximum atomic E-state index is 14.0. The number of hydrogen-bond donors (Lipinski definition) is 5. The van der Waals surface area contributed by atoms with E-state index in [2.05, 4.69) is 49.9 Å². The van der Waals surface area contributed by atoms with Crippen LogP contribution in [0.15, 0.2) is 85.2 Å². The fraction of sp³-hybridized carbons (Fsp3) is 0.378. The molecule has 2 aromatic heterocycles. The van der Waals surface area contributed by atoms with Crippen molar-refractivity contribution in [2.24, 2.45) is 11.7 Å². The molecular weight excluding hydrogens is 763 g/mol. The molecule has 314 valence electrons. The van der Waals surface area contributed by atoms with Crippen molar-refractivity contribution in [2.75, 3.05) is 27.3 Å². The SMILES string of the molecule is COC(=O)N[C@@H](Cc1ccc(CN)cc1)C(=O)N1CCC[C@H]1c1ncc(-c2ccc(-c3ccc(-c4cnc(C5CCCN5C(=O)[C@H](NC(=O)OC)C(C)C)[nH]4)cc3)cc2)[nH]1. The summed E-state index contributed by atoms with van der Waals surface area (Å²) < 4.78 is 9.62. The molecule has 0 saturated carbocycles. The van der Waals surface area contributed by atoms with E-state index in [-0.39, 0.29) is 29.8 Å². The van der Waals surface area contributed by atoms with Crippen molar-refractivity contribution in [1.82, 2.24) is 40.4 Å². The number of nitrogens with one attached hydrogen (secondary N) is 4. The molecule has 2 fully saturated rings. The third-order valence-corrected chi connectivity index (χ3v) is 11.5. The van der Waals surface area contributed by atoms with Crippen LogP contribution in [0.4, 0.5) is 9.59 Å². The maximum Gasteiger partial charge on any atom is 0.407 e. The number of likely N-dealkylation sites (tertiary alicyclic amines) is 2. The Labute approximate surface area is 349 Å². The standard InChI is InChI=1S/C45H53N9O6/c1-27(2)39(52-45(58)60-4)43(56)54-22-6-8-38(54)41-48-26-36(50-41)33-19-15-31(16-20-33)30-13-17-32(18-14-30)35-25-47-40(49-35)37-7-5-21-53(37)42(55)34(51-44(57)59-3)23-28-9-11-29(24-46)12-10-28/h9-20,25-27,34,37-39H,5-8,21-24,46H2,1-4H3,(H,47,49)(H,48,50)(H,51,57)(H,52,58)/t34-,37-,38?,39+/m0/s1. The van der Waals surface area contributed by atoms with E-state index in [1.54, 1.807) is 22.2 Å². The quantitative estimate of drug-likeness (QED) is 0.0909. The topological polar surface area (TPSA) is 201 Å². The summed E-state index contributed by atoms with van der Waals surface area (Å²) in [7, 11) is 2.57. The summed E-state index contributed by atoms with van der Waals surface area (Å²) >= 11 is 0. The van der Waals surface area contributed by atoms with Crippen LogP contribution in [0.2, 0.25) is 0 Å². The molecule has 60 heavy (non-hydrogen) atoms. The normalized spacial score (nSPS) is 17.4. The second-order valence-corrected chi connectivity index (χ2v) is 15.7. The first-order valence-electron chi connectivity index (χ1n) is 20.5. The Morgan fingerprint density at radius 3 is 1.60 bits per heavy atom. The highest BCUT2D eigenvalue weighted by Crippen LogP contribution is 2.35. The molecule has 0 bridgehead atoms. The molecule has 6 N–H and O–H groups in total. The number of amides is 4. The molecule has 15 nitrogen and oxygen atoms in total. The van der Waals surface area contributed by atoms with Gasteiger partial charge in [-0.3, -0.25) is 9.59 Å². The Morgan fingerprint density at radius 2 is 1.13 bits per heavy atom. The predicted molar refractivity (Wildman–Crippen MR) is 226 cm³/mol. The number of hydrogen-bond acceptors (Lipinski definition) is 9. The third kappa shape index (κ3) is 9.20. The lowest BCUT2D eigenvalue weighted by Crippen LogP contribution is -2.51. The lowest BCUT2D eigenvalue weighted by atomic mass is 10.0. The number of imidazole rings is 2. The first-order chi connectivity index (χ1) is 29.1. The number of nitrogens with two attached hydrogens (primary N) is 1. The van der Waals surface area contributed by atoms with Gasteiger partial charge in [-0.2, -0.15) is 0 Å². The Balaban J connectivity index is 0.998. The number of H-pyrrole nitrogens is 2. The summed E-state index contributed by atoms with van der Waals surface area (Å²) in [5.74, 6) is 0.972. The fourth-order valence-electron chi connectivity index (χ4n) is 8.15. The van der Waals surface area contributed by atoms with Crippen LogP contribution in [0.25, 0.3) is 33.6 Å². The Kier molecular flexibility index (Phi) is 12.9. The molecule has 2 aliphatic rings. The number of methoxy groups -OCH3 is 2. The minimum Gasteiger partial charge on any atom is -0.453 e. The zero-order valence-electron chi connectivity index (χ0n) is 34.4. The zero-order valence-corrected chi connectivity index (χ0v) is 34.4. The second kappa shape index (κ2) is 18.6. The summed E-state index contributed by atoms with van der Waals surface area (Å²) in [6, 6.07) is 22.2. The second-order valence-electron chi connectivity index (χ2n) is 15.7. The van der Waals surface area contributed by atoms with Crippen molar-refractivity contribution < 1.29 is 28.7 Å². The van der Waals surface area contributed by atoms with Crippen molar-refractivity contribution >= 4 is 24.0 Å². The van der Waals surface area contributed by atoms with Crippen LogP contribution in [0, 0.1) is 5.92 Å². The summed E-state index contributed by atoms with van der Waals surface area (Å²) in [5.41, 5.74) is 13.4. The summed E-state index contributed by atoms with van der Waals surface area (Å²) in [5, 5.41) is 5.44. The lowest BCUT2D eigenvalue weighted by molar-refractivity contribution is -0.135. The molecular formula is C45H53N9O6. The van der Waals surface area contributed by atoms with Gasteiger partial charge in [-0.1, -0.05) is 86.6 Å². The molecule has 5 aromatic rings. The largest absolute Gasteiger partial charge is 0.453 e. The van der Waals surface area contributed by atoms with Crippen LogP contribution in [0.3, 0.4) is 0 Å². The molecule has 4 atom stereocenters. The van der Waals surface area contributed by atoms with Crippen molar-refractivity contribution in [3.05, 3.63) is 108 Å². The number of benzene rings is 3. The van der Waals surface area contributed by atoms with Crippen LogP contribution >= 0.6 is 0 Å². The molecule has 1 unspecified atom stereocenters. The Hall–Kier alpha value is -6.48. The van der Waals surface area contributed by atoms with Gasteiger partial charge in [-0.05, 0) is 65.0 Å². The van der Waals surface area contributed by atoms with E-state index in [4.69, 9.17) is 20.2 Å². The number of alkyl carbamates (subject to hydrolysis) is 2. The van der Waals surface area contributed by atoms with Crippen LogP contribution in [-0.2, 0) is 32.0 Å². The molecule has 15 heteroatoms. The lowest BCUT2D eigenvalue weighted by Gasteiger charge is -2.30. The molecule has 0 radical (unpaired) electrons. The van der Waals surface area contributed by atoms with E-state index in [1.165, 1.54) is 14.2 Å². The number of aromatic amines is 2. The van der Waals surface area contributed by atoms with Gasteiger partial charge in [-0.25, -0.2) is 19.6 Å². The van der Waals surface area contributed by atoms with Crippen molar-refractivity contribution in [2.45, 2.75) is 76.7 Å². The molecule has 2 aliphatic heterocycles. The molecule has 0 aliphatic carbocycles. The van der Waals surface area contributed by atoms with Crippen LogP contribution in [0.1, 0.15) is 74.4 Å². The molecule has 4 amide bonds. The molecule has 4 heterocycles. The zero-order chi connectivity index (χ0) is 42.3. The number of ether oxygens (including phenoxy) is 2. The number of aromatic nitrogens is 4. The van der Waals surface area contributed by atoms with Gasteiger partial charge in [-0.15, -0.1) is 0 Å². The van der Waals surface area contributed by atoms with Crippen LogP contribution < -0.4 is 16.4 Å². The van der Waals surface area contributed by atoms with Crippen LogP contribution in [-0.4, -0.2) is 93.1 Å². The third-order valence-electron chi connectivity index (χ3n) is 11.5. The van der Waals surface area contributed by atoms with E-state index < -0.39 is 24.3 Å². The Morgan fingerprint density at radius 1 is 0.683 bits per heavy atom. The molecule has 2 saturated heterocycles. The number of carbonyl (C=O) groups is 4. The van der Waals surface area contributed by atoms with Gasteiger partial charge >= 0.3 is 12.2 Å². The first kappa shape index (κ1) is 41.7. The van der Waals surface area contributed by atoms with Crippen molar-refractivity contribution in [3.8, 4) is 33.6 Å². The molecule has 3 aromatic carbocycles. The van der Waals surface area contributed by atoms with E-state index in [0.29, 0.717) is 31.9 Å².